The molecule has 1 aromatic heterocycles. The van der Waals surface area contributed by atoms with Crippen molar-refractivity contribution in [1.82, 2.24) is 15.2 Å². The fourth-order valence-electron chi connectivity index (χ4n) is 4.83. The van der Waals surface area contributed by atoms with E-state index in [4.69, 9.17) is 4.74 Å². The Bertz CT molecular complexity index is 1340. The van der Waals surface area contributed by atoms with E-state index in [-0.39, 0.29) is 35.7 Å². The molecule has 2 aliphatic rings. The van der Waals surface area contributed by atoms with Gasteiger partial charge in [-0.05, 0) is 65.0 Å². The van der Waals surface area contributed by atoms with E-state index in [1.54, 1.807) is 23.1 Å². The van der Waals surface area contributed by atoms with E-state index < -0.39 is 11.7 Å². The van der Waals surface area contributed by atoms with Gasteiger partial charge < -0.3 is 15.0 Å². The second-order valence-corrected chi connectivity index (χ2v) is 11.2. The minimum Gasteiger partial charge on any atom is -0.493 e. The van der Waals surface area contributed by atoms with Crippen molar-refractivity contribution in [3.05, 3.63) is 68.8 Å². The molecule has 0 radical (unpaired) electrons. The van der Waals surface area contributed by atoms with Crippen molar-refractivity contribution >= 4 is 39.1 Å². The zero-order chi connectivity index (χ0) is 26.2. The first-order valence-corrected chi connectivity index (χ1v) is 13.5. The lowest BCUT2D eigenvalue weighted by Crippen LogP contribution is -2.49. The summed E-state index contributed by atoms with van der Waals surface area (Å²) in [4.78, 5) is 33.0. The lowest BCUT2D eigenvalue weighted by Gasteiger charge is -2.35. The summed E-state index contributed by atoms with van der Waals surface area (Å²) in [6.07, 6.45) is -1.43. The molecule has 5 rings (SSSR count). The Morgan fingerprint density at radius 3 is 2.81 bits per heavy atom. The number of likely N-dealkylation sites (tertiary alicyclic amines) is 1. The molecule has 1 atom stereocenters. The minimum atomic E-state index is -4.50. The van der Waals surface area contributed by atoms with E-state index in [1.807, 2.05) is 6.07 Å². The van der Waals surface area contributed by atoms with Gasteiger partial charge >= 0.3 is 6.18 Å². The number of rotatable bonds is 5. The molecule has 0 bridgehead atoms. The standard InChI is InChI=1S/C26H23BrF3N3O3S/c27-25-32-21(22(37-25)15-5-3-6-16(13-15)26(28,29)30)24(35)33-11-2-1-7-17(33)14-31-23(34)19-8-4-9-20-18(19)10-12-36-20/h3-6,8-9,13,17H,1-2,7,10-12,14H2,(H,31,34)/t17-/m0/s1. The third-order valence-electron chi connectivity index (χ3n) is 6.63. The number of nitrogens with zero attached hydrogens (tertiary/aromatic N) is 2. The smallest absolute Gasteiger partial charge is 0.416 e. The van der Waals surface area contributed by atoms with Crippen LogP contribution in [0, 0.1) is 0 Å². The number of thiazole rings is 1. The number of fused-ring (bicyclic) bond motifs is 1. The second kappa shape index (κ2) is 10.4. The molecule has 0 saturated carbocycles. The SMILES string of the molecule is O=C(NC[C@@H]1CCCCN1C(=O)c1nc(Br)sc1-c1cccc(C(F)(F)F)c1)c1cccc2c1CCO2. The van der Waals surface area contributed by atoms with Crippen LogP contribution in [0.3, 0.4) is 0 Å². The average Bonchev–Trinajstić information content (AvgIpc) is 3.53. The quantitative estimate of drug-likeness (QED) is 0.397. The Labute approximate surface area is 224 Å². The zero-order valence-corrected chi connectivity index (χ0v) is 22.0. The predicted molar refractivity (Wildman–Crippen MR) is 137 cm³/mol. The van der Waals surface area contributed by atoms with E-state index in [0.717, 1.165) is 47.6 Å². The number of piperidine rings is 1. The number of benzene rings is 2. The molecule has 1 N–H and O–H groups in total. The van der Waals surface area contributed by atoms with Crippen LogP contribution in [-0.4, -0.2) is 47.4 Å². The number of carbonyl (C=O) groups excluding carboxylic acids is 2. The number of nitrogens with one attached hydrogen (secondary N) is 1. The fourth-order valence-corrected chi connectivity index (χ4v) is 6.27. The van der Waals surface area contributed by atoms with Crippen LogP contribution in [0.5, 0.6) is 5.75 Å². The molecule has 3 heterocycles. The highest BCUT2D eigenvalue weighted by Gasteiger charge is 2.34. The number of ether oxygens (including phenoxy) is 1. The Balaban J connectivity index is 1.36. The second-order valence-electron chi connectivity index (χ2n) is 8.96. The fraction of sp³-hybridized carbons (Fsp3) is 0.346. The number of halogens is 4. The molecule has 2 aliphatic heterocycles. The Hall–Kier alpha value is -2.92. The highest BCUT2D eigenvalue weighted by atomic mass is 79.9. The van der Waals surface area contributed by atoms with Gasteiger partial charge in [0.15, 0.2) is 3.92 Å². The lowest BCUT2D eigenvalue weighted by molar-refractivity contribution is -0.137. The molecule has 1 saturated heterocycles. The highest BCUT2D eigenvalue weighted by Crippen LogP contribution is 2.38. The average molecular weight is 594 g/mol. The van der Waals surface area contributed by atoms with E-state index in [1.165, 1.54) is 6.07 Å². The first kappa shape index (κ1) is 25.7. The van der Waals surface area contributed by atoms with Gasteiger partial charge in [-0.2, -0.15) is 13.2 Å². The molecular weight excluding hydrogens is 571 g/mol. The summed E-state index contributed by atoms with van der Waals surface area (Å²) in [5.41, 5.74) is 1.05. The van der Waals surface area contributed by atoms with Gasteiger partial charge in [0.05, 0.1) is 17.0 Å². The molecule has 194 valence electrons. The predicted octanol–water partition coefficient (Wildman–Crippen LogP) is 5.95. The van der Waals surface area contributed by atoms with Crippen molar-refractivity contribution in [2.24, 2.45) is 0 Å². The van der Waals surface area contributed by atoms with E-state index in [0.29, 0.717) is 40.4 Å². The molecular formula is C26H23BrF3N3O3S. The van der Waals surface area contributed by atoms with Gasteiger partial charge in [-0.1, -0.05) is 18.2 Å². The maximum Gasteiger partial charge on any atom is 0.416 e. The van der Waals surface area contributed by atoms with Crippen molar-refractivity contribution in [3.8, 4) is 16.2 Å². The number of amides is 2. The highest BCUT2D eigenvalue weighted by molar-refractivity contribution is 9.11. The van der Waals surface area contributed by atoms with Crippen molar-refractivity contribution < 1.29 is 27.5 Å². The number of aromatic nitrogens is 1. The van der Waals surface area contributed by atoms with Crippen LogP contribution >= 0.6 is 27.3 Å². The third-order valence-corrected chi connectivity index (χ3v) is 8.19. The molecule has 0 aliphatic carbocycles. The van der Waals surface area contributed by atoms with Gasteiger partial charge in [0.25, 0.3) is 11.8 Å². The Kier molecular flexibility index (Phi) is 7.26. The van der Waals surface area contributed by atoms with Crippen molar-refractivity contribution in [3.63, 3.8) is 0 Å². The summed E-state index contributed by atoms with van der Waals surface area (Å²) >= 11 is 4.41. The number of hydrogen-bond donors (Lipinski definition) is 1. The summed E-state index contributed by atoms with van der Waals surface area (Å²) in [7, 11) is 0. The van der Waals surface area contributed by atoms with Crippen LogP contribution in [0.2, 0.25) is 0 Å². The molecule has 37 heavy (non-hydrogen) atoms. The van der Waals surface area contributed by atoms with Gasteiger partial charge in [0.2, 0.25) is 0 Å². The minimum absolute atomic E-state index is 0.104. The van der Waals surface area contributed by atoms with Crippen LogP contribution in [0.4, 0.5) is 13.2 Å². The van der Waals surface area contributed by atoms with Gasteiger partial charge in [0, 0.05) is 36.7 Å². The maximum atomic E-state index is 13.7. The van der Waals surface area contributed by atoms with E-state index in [9.17, 15) is 22.8 Å². The molecule has 2 aromatic carbocycles. The molecule has 2 amide bonds. The first-order valence-electron chi connectivity index (χ1n) is 11.9. The summed E-state index contributed by atoms with van der Waals surface area (Å²) in [6, 6.07) is 10.0. The normalized spacial score (nSPS) is 17.3. The van der Waals surface area contributed by atoms with Crippen LogP contribution in [0.1, 0.15) is 51.2 Å². The van der Waals surface area contributed by atoms with E-state index in [2.05, 4.69) is 26.2 Å². The van der Waals surface area contributed by atoms with Gasteiger partial charge in [-0.15, -0.1) is 11.3 Å². The lowest BCUT2D eigenvalue weighted by atomic mass is 10.00. The van der Waals surface area contributed by atoms with Crippen LogP contribution < -0.4 is 10.1 Å². The van der Waals surface area contributed by atoms with Crippen molar-refractivity contribution in [1.29, 1.82) is 0 Å². The van der Waals surface area contributed by atoms with Crippen LogP contribution in [0.25, 0.3) is 10.4 Å². The Morgan fingerprint density at radius 2 is 2.00 bits per heavy atom. The Morgan fingerprint density at radius 1 is 1.19 bits per heavy atom. The molecule has 11 heteroatoms. The van der Waals surface area contributed by atoms with Crippen LogP contribution in [0.15, 0.2) is 46.4 Å². The molecule has 1 fully saturated rings. The van der Waals surface area contributed by atoms with E-state index >= 15 is 0 Å². The summed E-state index contributed by atoms with van der Waals surface area (Å²) in [6.45, 7) is 1.28. The summed E-state index contributed by atoms with van der Waals surface area (Å²) in [5.74, 6) is 0.141. The summed E-state index contributed by atoms with van der Waals surface area (Å²) < 4.78 is 45.9. The van der Waals surface area contributed by atoms with Crippen LogP contribution in [-0.2, 0) is 12.6 Å². The van der Waals surface area contributed by atoms with Crippen molar-refractivity contribution in [2.75, 3.05) is 19.7 Å². The monoisotopic (exact) mass is 593 g/mol. The molecule has 3 aromatic rings. The molecule has 0 unspecified atom stereocenters. The third kappa shape index (κ3) is 5.38. The van der Waals surface area contributed by atoms with Crippen molar-refractivity contribution in [2.45, 2.75) is 37.9 Å². The largest absolute Gasteiger partial charge is 0.493 e. The number of alkyl halides is 3. The van der Waals surface area contributed by atoms with Gasteiger partial charge in [0.1, 0.15) is 11.4 Å². The van der Waals surface area contributed by atoms with Gasteiger partial charge in [-0.25, -0.2) is 4.98 Å². The topological polar surface area (TPSA) is 71.5 Å². The molecule has 6 nitrogen and oxygen atoms in total. The number of hydrogen-bond acceptors (Lipinski definition) is 5. The van der Waals surface area contributed by atoms with Gasteiger partial charge in [-0.3, -0.25) is 9.59 Å². The molecule has 0 spiro atoms. The first-order chi connectivity index (χ1) is 17.7. The summed E-state index contributed by atoms with van der Waals surface area (Å²) in [5, 5.41) is 2.97. The maximum absolute atomic E-state index is 13.7. The number of carbonyl (C=O) groups is 2. The zero-order valence-electron chi connectivity index (χ0n) is 19.6.